The predicted molar refractivity (Wildman–Crippen MR) is 47.1 cm³/mol. The zero-order chi connectivity index (χ0) is 9.84. The Morgan fingerprint density at radius 2 is 2.46 bits per heavy atom. The predicted octanol–water partition coefficient (Wildman–Crippen LogP) is -1.45. The highest BCUT2D eigenvalue weighted by molar-refractivity contribution is 5.71. The van der Waals surface area contributed by atoms with E-state index in [1.165, 1.54) is 7.11 Å². The third-order valence-corrected chi connectivity index (χ3v) is 2.30. The maximum Gasteiger partial charge on any atom is 0.319 e. The Morgan fingerprint density at radius 3 is 3.00 bits per heavy atom. The molecule has 1 fully saturated rings. The fraction of sp³-hybridized carbons (Fsp3) is 0.875. The molecule has 0 aromatic heterocycles. The van der Waals surface area contributed by atoms with Crippen molar-refractivity contribution < 1.29 is 14.6 Å². The van der Waals surface area contributed by atoms with Crippen LogP contribution in [0.15, 0.2) is 0 Å². The summed E-state index contributed by atoms with van der Waals surface area (Å²) in [6, 6.07) is -0.158. The molecule has 1 rings (SSSR count). The van der Waals surface area contributed by atoms with Crippen molar-refractivity contribution in [2.75, 3.05) is 26.7 Å². The van der Waals surface area contributed by atoms with Crippen LogP contribution in [-0.4, -0.2) is 54.9 Å². The van der Waals surface area contributed by atoms with Gasteiger partial charge in [-0.1, -0.05) is 0 Å². The lowest BCUT2D eigenvalue weighted by Crippen LogP contribution is -2.51. The normalized spacial score (nSPS) is 30.1. The van der Waals surface area contributed by atoms with Crippen LogP contribution in [0.3, 0.4) is 0 Å². The van der Waals surface area contributed by atoms with Gasteiger partial charge in [0.25, 0.3) is 0 Å². The van der Waals surface area contributed by atoms with Crippen molar-refractivity contribution in [1.82, 2.24) is 4.90 Å². The van der Waals surface area contributed by atoms with Gasteiger partial charge < -0.3 is 15.6 Å². The van der Waals surface area contributed by atoms with Crippen LogP contribution in [-0.2, 0) is 9.53 Å². The van der Waals surface area contributed by atoms with E-state index < -0.39 is 6.10 Å². The SMILES string of the molecule is COC(=O)CN1CC[C@@H](N)[C@@H](O)C1. The van der Waals surface area contributed by atoms with Gasteiger partial charge in [0.2, 0.25) is 0 Å². The molecule has 1 heterocycles. The zero-order valence-corrected chi connectivity index (χ0v) is 7.77. The van der Waals surface area contributed by atoms with Crippen LogP contribution in [0.4, 0.5) is 0 Å². The minimum atomic E-state index is -0.529. The number of methoxy groups -OCH3 is 1. The molecule has 1 saturated heterocycles. The maximum absolute atomic E-state index is 10.9. The number of piperidine rings is 1. The van der Waals surface area contributed by atoms with Crippen LogP contribution in [0.5, 0.6) is 0 Å². The van der Waals surface area contributed by atoms with Crippen molar-refractivity contribution in [3.05, 3.63) is 0 Å². The molecule has 76 valence electrons. The molecule has 0 spiro atoms. The summed E-state index contributed by atoms with van der Waals surface area (Å²) in [4.78, 5) is 12.7. The van der Waals surface area contributed by atoms with Gasteiger partial charge >= 0.3 is 5.97 Å². The molecule has 0 bridgehead atoms. The van der Waals surface area contributed by atoms with E-state index in [1.807, 2.05) is 4.90 Å². The monoisotopic (exact) mass is 188 g/mol. The third kappa shape index (κ3) is 2.95. The van der Waals surface area contributed by atoms with Crippen molar-refractivity contribution in [2.45, 2.75) is 18.6 Å². The average Bonchev–Trinajstić information content (AvgIpc) is 2.11. The Morgan fingerprint density at radius 1 is 1.77 bits per heavy atom. The van der Waals surface area contributed by atoms with Gasteiger partial charge in [-0.15, -0.1) is 0 Å². The molecule has 5 heteroatoms. The van der Waals surface area contributed by atoms with E-state index >= 15 is 0 Å². The highest BCUT2D eigenvalue weighted by Crippen LogP contribution is 2.08. The number of nitrogens with zero attached hydrogens (tertiary/aromatic N) is 1. The molecule has 5 nitrogen and oxygen atoms in total. The van der Waals surface area contributed by atoms with Gasteiger partial charge in [-0.2, -0.15) is 0 Å². The number of likely N-dealkylation sites (tertiary alicyclic amines) is 1. The summed E-state index contributed by atoms with van der Waals surface area (Å²) >= 11 is 0. The summed E-state index contributed by atoms with van der Waals surface area (Å²) in [6.07, 6.45) is 0.191. The minimum absolute atomic E-state index is 0.158. The smallest absolute Gasteiger partial charge is 0.319 e. The summed E-state index contributed by atoms with van der Waals surface area (Å²) in [5.41, 5.74) is 5.61. The largest absolute Gasteiger partial charge is 0.468 e. The summed E-state index contributed by atoms with van der Waals surface area (Å²) in [5, 5.41) is 9.41. The van der Waals surface area contributed by atoms with Crippen LogP contribution in [0.2, 0.25) is 0 Å². The topological polar surface area (TPSA) is 75.8 Å². The standard InChI is InChI=1S/C8H16N2O3/c1-13-8(12)5-10-3-2-6(9)7(11)4-10/h6-7,11H,2-5,9H2,1H3/t6-,7+/m1/s1. The number of aliphatic hydroxyl groups is 1. The van der Waals surface area contributed by atoms with Gasteiger partial charge in [-0.25, -0.2) is 0 Å². The second-order valence-corrected chi connectivity index (χ2v) is 3.33. The molecular weight excluding hydrogens is 172 g/mol. The van der Waals surface area contributed by atoms with Crippen molar-refractivity contribution >= 4 is 5.97 Å². The van der Waals surface area contributed by atoms with Crippen LogP contribution in [0.25, 0.3) is 0 Å². The molecule has 3 N–H and O–H groups in total. The molecule has 0 saturated carbocycles. The number of esters is 1. The van der Waals surface area contributed by atoms with E-state index in [1.54, 1.807) is 0 Å². The van der Waals surface area contributed by atoms with Gasteiger partial charge in [0.1, 0.15) is 0 Å². The Bertz CT molecular complexity index is 186. The van der Waals surface area contributed by atoms with Crippen molar-refractivity contribution in [2.24, 2.45) is 5.73 Å². The number of aliphatic hydroxyl groups excluding tert-OH is 1. The summed E-state index contributed by atoms with van der Waals surface area (Å²) < 4.78 is 4.52. The van der Waals surface area contributed by atoms with E-state index in [0.717, 1.165) is 13.0 Å². The quantitative estimate of drug-likeness (QED) is 0.519. The lowest BCUT2D eigenvalue weighted by molar-refractivity contribution is -0.142. The first kappa shape index (κ1) is 10.4. The highest BCUT2D eigenvalue weighted by atomic mass is 16.5. The Hall–Kier alpha value is -0.650. The summed E-state index contributed by atoms with van der Waals surface area (Å²) in [7, 11) is 1.36. The number of ether oxygens (including phenoxy) is 1. The van der Waals surface area contributed by atoms with Crippen molar-refractivity contribution in [3.63, 3.8) is 0 Å². The lowest BCUT2D eigenvalue weighted by atomic mass is 10.0. The number of carbonyl (C=O) groups excluding carboxylic acids is 1. The molecular formula is C8H16N2O3. The molecule has 1 aliphatic heterocycles. The Labute approximate surface area is 77.5 Å². The molecule has 0 aliphatic carbocycles. The second-order valence-electron chi connectivity index (χ2n) is 3.33. The van der Waals surface area contributed by atoms with Crippen LogP contribution in [0, 0.1) is 0 Å². The van der Waals surface area contributed by atoms with Gasteiger partial charge in [0.05, 0.1) is 19.8 Å². The molecule has 1 aliphatic rings. The van der Waals surface area contributed by atoms with E-state index in [2.05, 4.69) is 4.74 Å². The highest BCUT2D eigenvalue weighted by Gasteiger charge is 2.25. The fourth-order valence-corrected chi connectivity index (χ4v) is 1.41. The van der Waals surface area contributed by atoms with Crippen LogP contribution >= 0.6 is 0 Å². The maximum atomic E-state index is 10.9. The molecule has 0 unspecified atom stereocenters. The number of hydrogen-bond donors (Lipinski definition) is 2. The first-order chi connectivity index (χ1) is 6.13. The summed E-state index contributed by atoms with van der Waals surface area (Å²) in [5.74, 6) is -0.275. The van der Waals surface area contributed by atoms with Crippen molar-refractivity contribution in [3.8, 4) is 0 Å². The molecule has 0 amide bonds. The molecule has 13 heavy (non-hydrogen) atoms. The van der Waals surface area contributed by atoms with Crippen LogP contribution in [0.1, 0.15) is 6.42 Å². The van der Waals surface area contributed by atoms with Gasteiger partial charge in [0.15, 0.2) is 0 Å². The second kappa shape index (κ2) is 4.55. The third-order valence-electron chi connectivity index (χ3n) is 2.30. The molecule has 2 atom stereocenters. The van der Waals surface area contributed by atoms with E-state index in [9.17, 15) is 9.90 Å². The first-order valence-corrected chi connectivity index (χ1v) is 4.36. The summed E-state index contributed by atoms with van der Waals surface area (Å²) in [6.45, 7) is 1.43. The van der Waals surface area contributed by atoms with E-state index in [-0.39, 0.29) is 18.6 Å². The van der Waals surface area contributed by atoms with Crippen LogP contribution < -0.4 is 5.73 Å². The average molecular weight is 188 g/mol. The number of hydrogen-bond acceptors (Lipinski definition) is 5. The number of β-amino-alcohol motifs (C(OH)–C–C–N with tert-alkyl or cyclic N) is 1. The first-order valence-electron chi connectivity index (χ1n) is 4.36. The van der Waals surface area contributed by atoms with Gasteiger partial charge in [-0.3, -0.25) is 9.69 Å². The Kier molecular flexibility index (Phi) is 3.65. The zero-order valence-electron chi connectivity index (χ0n) is 7.77. The van der Waals surface area contributed by atoms with Gasteiger partial charge in [-0.05, 0) is 6.42 Å². The fourth-order valence-electron chi connectivity index (χ4n) is 1.41. The molecule has 0 aromatic carbocycles. The molecule has 0 radical (unpaired) electrons. The number of carbonyl (C=O) groups is 1. The minimum Gasteiger partial charge on any atom is -0.468 e. The number of rotatable bonds is 2. The van der Waals surface area contributed by atoms with E-state index in [0.29, 0.717) is 6.54 Å². The van der Waals surface area contributed by atoms with E-state index in [4.69, 9.17) is 5.73 Å². The van der Waals surface area contributed by atoms with Gasteiger partial charge in [0, 0.05) is 19.1 Å². The number of nitrogens with two attached hydrogens (primary N) is 1. The Balaban J connectivity index is 2.33. The lowest BCUT2D eigenvalue weighted by Gasteiger charge is -2.33. The van der Waals surface area contributed by atoms with Crippen molar-refractivity contribution in [1.29, 1.82) is 0 Å². The molecule has 0 aromatic rings.